The molecular weight excluding hydrogens is 232 g/mol. The van der Waals surface area contributed by atoms with Gasteiger partial charge in [0.15, 0.2) is 0 Å². The molecule has 1 aromatic rings. The summed E-state index contributed by atoms with van der Waals surface area (Å²) in [4.78, 5) is 0. The zero-order valence-corrected chi connectivity index (χ0v) is 11.2. The third-order valence-electron chi connectivity index (χ3n) is 3.41. The number of hydrogen-bond acceptors (Lipinski definition) is 4. The monoisotopic (exact) mass is 252 g/mol. The van der Waals surface area contributed by atoms with Crippen molar-refractivity contribution in [3.63, 3.8) is 0 Å². The van der Waals surface area contributed by atoms with Gasteiger partial charge >= 0.3 is 0 Å². The first kappa shape index (κ1) is 13.3. The first-order chi connectivity index (χ1) is 8.73. The van der Waals surface area contributed by atoms with E-state index >= 15 is 0 Å². The topological polar surface area (TPSA) is 36.9 Å². The van der Waals surface area contributed by atoms with E-state index in [0.717, 1.165) is 25.2 Å². The third-order valence-corrected chi connectivity index (χ3v) is 3.41. The van der Waals surface area contributed by atoms with Crippen LogP contribution >= 0.6 is 0 Å². The molecule has 0 N–H and O–H groups in total. The van der Waals surface area contributed by atoms with Crippen molar-refractivity contribution in [3.05, 3.63) is 29.3 Å². The van der Waals surface area contributed by atoms with E-state index in [2.05, 4.69) is 12.1 Å². The van der Waals surface area contributed by atoms with Crippen LogP contribution in [-0.4, -0.2) is 33.9 Å². The molecule has 0 atom stereocenters. The molecule has 0 amide bonds. The van der Waals surface area contributed by atoms with E-state index in [9.17, 15) is 0 Å². The molecule has 0 unspecified atom stereocenters. The van der Waals surface area contributed by atoms with Gasteiger partial charge in [-0.05, 0) is 23.6 Å². The van der Waals surface area contributed by atoms with Crippen LogP contribution in [0.5, 0.6) is 5.75 Å². The van der Waals surface area contributed by atoms with Gasteiger partial charge < -0.3 is 18.9 Å². The Balaban J connectivity index is 2.01. The van der Waals surface area contributed by atoms with Gasteiger partial charge in [0.25, 0.3) is 5.97 Å². The smallest absolute Gasteiger partial charge is 0.282 e. The van der Waals surface area contributed by atoms with E-state index < -0.39 is 5.97 Å². The van der Waals surface area contributed by atoms with E-state index in [1.165, 1.54) is 11.1 Å². The fourth-order valence-corrected chi connectivity index (χ4v) is 2.25. The number of aryl methyl sites for hydroxylation is 1. The number of ether oxygens (including phenoxy) is 4. The van der Waals surface area contributed by atoms with E-state index in [1.807, 2.05) is 6.07 Å². The van der Waals surface area contributed by atoms with Crippen LogP contribution in [0.25, 0.3) is 0 Å². The lowest BCUT2D eigenvalue weighted by Gasteiger charge is -2.28. The van der Waals surface area contributed by atoms with E-state index in [1.54, 1.807) is 21.3 Å². The Morgan fingerprint density at radius 2 is 1.89 bits per heavy atom. The molecule has 1 aliphatic rings. The summed E-state index contributed by atoms with van der Waals surface area (Å²) in [6.45, 7) is 0.789. The van der Waals surface area contributed by atoms with Crippen LogP contribution in [0.4, 0.5) is 0 Å². The molecule has 0 spiro atoms. The molecule has 4 heteroatoms. The molecular formula is C14H20O4. The standard InChI is InChI=1S/C14H20O4/c1-15-14(16-2,17-3)8-6-11-4-5-13-12(10-11)7-9-18-13/h4-5,10H,6-9H2,1-3H3. The van der Waals surface area contributed by atoms with Crippen LogP contribution in [0.1, 0.15) is 17.5 Å². The molecule has 0 radical (unpaired) electrons. The molecule has 1 heterocycles. The summed E-state index contributed by atoms with van der Waals surface area (Å²) in [5.41, 5.74) is 2.53. The van der Waals surface area contributed by atoms with Gasteiger partial charge in [-0.25, -0.2) is 0 Å². The maximum Gasteiger partial charge on any atom is 0.282 e. The van der Waals surface area contributed by atoms with Gasteiger partial charge in [-0.2, -0.15) is 0 Å². The lowest BCUT2D eigenvalue weighted by molar-refractivity contribution is -0.354. The Morgan fingerprint density at radius 3 is 2.56 bits per heavy atom. The van der Waals surface area contributed by atoms with Gasteiger partial charge in [-0.3, -0.25) is 0 Å². The molecule has 4 nitrogen and oxygen atoms in total. The molecule has 0 fully saturated rings. The minimum atomic E-state index is -0.949. The highest BCUT2D eigenvalue weighted by Crippen LogP contribution is 2.27. The van der Waals surface area contributed by atoms with Gasteiger partial charge in [0.05, 0.1) is 6.61 Å². The van der Waals surface area contributed by atoms with Gasteiger partial charge in [0, 0.05) is 34.2 Å². The van der Waals surface area contributed by atoms with Crippen molar-refractivity contribution >= 4 is 0 Å². The van der Waals surface area contributed by atoms with Crippen LogP contribution in [-0.2, 0) is 27.1 Å². The average molecular weight is 252 g/mol. The maximum absolute atomic E-state index is 5.49. The quantitative estimate of drug-likeness (QED) is 0.727. The Labute approximate surface area is 108 Å². The lowest BCUT2D eigenvalue weighted by atomic mass is 10.0. The van der Waals surface area contributed by atoms with Gasteiger partial charge in [-0.15, -0.1) is 0 Å². The fourth-order valence-electron chi connectivity index (χ4n) is 2.25. The number of benzene rings is 1. The molecule has 0 bridgehead atoms. The molecule has 0 saturated carbocycles. The molecule has 1 aromatic carbocycles. The third kappa shape index (κ3) is 2.66. The summed E-state index contributed by atoms with van der Waals surface area (Å²) in [5.74, 6) is 0.0606. The normalized spacial score (nSPS) is 14.4. The van der Waals surface area contributed by atoms with Crippen molar-refractivity contribution < 1.29 is 18.9 Å². The summed E-state index contributed by atoms with van der Waals surface area (Å²) in [5, 5.41) is 0. The predicted molar refractivity (Wildman–Crippen MR) is 67.7 cm³/mol. The van der Waals surface area contributed by atoms with Crippen molar-refractivity contribution in [1.82, 2.24) is 0 Å². The molecule has 0 saturated heterocycles. The summed E-state index contributed by atoms with van der Waals surface area (Å²) < 4.78 is 21.3. The van der Waals surface area contributed by atoms with Crippen LogP contribution in [0.15, 0.2) is 18.2 Å². The van der Waals surface area contributed by atoms with Crippen molar-refractivity contribution in [3.8, 4) is 5.75 Å². The van der Waals surface area contributed by atoms with Crippen molar-refractivity contribution in [2.45, 2.75) is 25.2 Å². The molecule has 2 rings (SSSR count). The van der Waals surface area contributed by atoms with Crippen LogP contribution in [0.3, 0.4) is 0 Å². The molecule has 0 aromatic heterocycles. The summed E-state index contributed by atoms with van der Waals surface area (Å²) in [6.07, 6.45) is 2.48. The number of hydrogen-bond donors (Lipinski definition) is 0. The second kappa shape index (κ2) is 5.69. The minimum absolute atomic E-state index is 0.649. The minimum Gasteiger partial charge on any atom is -0.493 e. The average Bonchev–Trinajstić information content (AvgIpc) is 2.88. The first-order valence-electron chi connectivity index (χ1n) is 6.13. The summed E-state index contributed by atoms with van der Waals surface area (Å²) in [7, 11) is 4.76. The Hall–Kier alpha value is -1.10. The van der Waals surface area contributed by atoms with E-state index in [4.69, 9.17) is 18.9 Å². The fraction of sp³-hybridized carbons (Fsp3) is 0.571. The molecule has 18 heavy (non-hydrogen) atoms. The first-order valence-corrected chi connectivity index (χ1v) is 6.13. The van der Waals surface area contributed by atoms with Gasteiger partial charge in [0.2, 0.25) is 0 Å². The lowest BCUT2D eigenvalue weighted by Crippen LogP contribution is -2.36. The Bertz CT molecular complexity index is 391. The van der Waals surface area contributed by atoms with E-state index in [-0.39, 0.29) is 0 Å². The van der Waals surface area contributed by atoms with Crippen molar-refractivity contribution in [1.29, 1.82) is 0 Å². The highest BCUT2D eigenvalue weighted by molar-refractivity contribution is 5.39. The number of rotatable bonds is 6. The maximum atomic E-state index is 5.49. The van der Waals surface area contributed by atoms with E-state index in [0.29, 0.717) is 6.42 Å². The van der Waals surface area contributed by atoms with Gasteiger partial charge in [0.1, 0.15) is 5.75 Å². The summed E-state index contributed by atoms with van der Waals surface area (Å²) in [6, 6.07) is 6.30. The van der Waals surface area contributed by atoms with Gasteiger partial charge in [-0.1, -0.05) is 12.1 Å². The van der Waals surface area contributed by atoms with Crippen LogP contribution in [0, 0.1) is 0 Å². The molecule has 1 aliphatic heterocycles. The Kier molecular flexibility index (Phi) is 4.22. The predicted octanol–water partition coefficient (Wildman–Crippen LogP) is 2.15. The summed E-state index contributed by atoms with van der Waals surface area (Å²) >= 11 is 0. The number of methoxy groups -OCH3 is 3. The van der Waals surface area contributed by atoms with Crippen molar-refractivity contribution in [2.24, 2.45) is 0 Å². The largest absolute Gasteiger partial charge is 0.493 e. The number of fused-ring (bicyclic) bond motifs is 1. The van der Waals surface area contributed by atoms with Crippen LogP contribution in [0.2, 0.25) is 0 Å². The molecule has 0 aliphatic carbocycles. The second-order valence-electron chi connectivity index (χ2n) is 4.34. The Morgan fingerprint density at radius 1 is 1.17 bits per heavy atom. The zero-order valence-electron chi connectivity index (χ0n) is 11.2. The van der Waals surface area contributed by atoms with Crippen LogP contribution < -0.4 is 4.74 Å². The highest BCUT2D eigenvalue weighted by atomic mass is 16.9. The SMILES string of the molecule is COC(CCc1ccc2c(c1)CCO2)(OC)OC. The second-order valence-corrected chi connectivity index (χ2v) is 4.34. The van der Waals surface area contributed by atoms with Crippen molar-refractivity contribution in [2.75, 3.05) is 27.9 Å². The molecule has 100 valence electrons. The highest BCUT2D eigenvalue weighted by Gasteiger charge is 2.29. The zero-order chi connectivity index (χ0) is 13.0.